The van der Waals surface area contributed by atoms with Crippen molar-refractivity contribution in [2.45, 2.75) is 45.6 Å². The number of hydrogen-bond donors (Lipinski definition) is 1. The Kier molecular flexibility index (Phi) is 6.37. The van der Waals surface area contributed by atoms with Crippen LogP contribution < -0.4 is 0 Å². The van der Waals surface area contributed by atoms with Gasteiger partial charge in [-0.2, -0.15) is 0 Å². The summed E-state index contributed by atoms with van der Waals surface area (Å²) < 4.78 is 0. The second kappa shape index (κ2) is 7.78. The van der Waals surface area contributed by atoms with Crippen molar-refractivity contribution < 1.29 is 14.7 Å². The number of nitrogens with zero attached hydrogens (tertiary/aromatic N) is 2. The number of carbonyl (C=O) groups is 2. The predicted octanol–water partition coefficient (Wildman–Crippen LogP) is 2.03. The lowest BCUT2D eigenvalue weighted by molar-refractivity contribution is -0.144. The first kappa shape index (κ1) is 16.4. The van der Waals surface area contributed by atoms with Crippen molar-refractivity contribution in [2.75, 3.05) is 19.6 Å². The number of likely N-dealkylation sites (tertiary alicyclic amines) is 1. The fourth-order valence-electron chi connectivity index (χ4n) is 2.68. The molecule has 5 heteroatoms. The molecule has 1 rings (SSSR count). The van der Waals surface area contributed by atoms with E-state index >= 15 is 0 Å². The summed E-state index contributed by atoms with van der Waals surface area (Å²) in [7, 11) is 0. The van der Waals surface area contributed by atoms with Crippen LogP contribution in [0.15, 0.2) is 0 Å². The molecule has 0 aromatic carbocycles. The molecule has 2 atom stereocenters. The van der Waals surface area contributed by atoms with Gasteiger partial charge in [0.15, 0.2) is 0 Å². The number of aliphatic carboxylic acids is 1. The summed E-state index contributed by atoms with van der Waals surface area (Å²) in [5.74, 6) is 1.93. The first-order valence-corrected chi connectivity index (χ1v) is 7.26. The van der Waals surface area contributed by atoms with E-state index in [-0.39, 0.29) is 12.6 Å². The van der Waals surface area contributed by atoms with Crippen molar-refractivity contribution in [3.63, 3.8) is 0 Å². The first-order chi connectivity index (χ1) is 9.54. The normalized spacial score (nSPS) is 22.1. The Morgan fingerprint density at radius 1 is 1.45 bits per heavy atom. The molecule has 0 aromatic rings. The number of rotatable bonds is 5. The van der Waals surface area contributed by atoms with Crippen molar-refractivity contribution in [3.8, 4) is 12.3 Å². The first-order valence-electron chi connectivity index (χ1n) is 7.26. The predicted molar refractivity (Wildman–Crippen MR) is 77.2 cm³/mol. The Bertz CT molecular complexity index is 389. The summed E-state index contributed by atoms with van der Waals surface area (Å²) in [5, 5.41) is 9.36. The number of terminal acetylenes is 1. The van der Waals surface area contributed by atoms with E-state index in [4.69, 9.17) is 6.42 Å². The van der Waals surface area contributed by atoms with E-state index in [0.717, 1.165) is 19.3 Å². The van der Waals surface area contributed by atoms with E-state index < -0.39 is 12.0 Å². The maximum absolute atomic E-state index is 12.5. The molecule has 112 valence electrons. The van der Waals surface area contributed by atoms with Crippen LogP contribution >= 0.6 is 0 Å². The molecular formula is C15H24N2O3. The van der Waals surface area contributed by atoms with Gasteiger partial charge in [-0.15, -0.1) is 6.42 Å². The van der Waals surface area contributed by atoms with E-state index in [1.807, 2.05) is 6.92 Å². The summed E-state index contributed by atoms with van der Waals surface area (Å²) >= 11 is 0. The highest BCUT2D eigenvalue weighted by atomic mass is 16.4. The summed E-state index contributed by atoms with van der Waals surface area (Å²) in [6.45, 7) is 5.31. The molecule has 0 radical (unpaired) electrons. The van der Waals surface area contributed by atoms with E-state index in [1.165, 1.54) is 4.90 Å². The van der Waals surface area contributed by atoms with Crippen LogP contribution in [-0.4, -0.2) is 52.6 Å². The van der Waals surface area contributed by atoms with Gasteiger partial charge in [0.25, 0.3) is 0 Å². The zero-order chi connectivity index (χ0) is 15.1. The molecule has 1 N–H and O–H groups in total. The molecule has 2 amide bonds. The monoisotopic (exact) mass is 280 g/mol. The van der Waals surface area contributed by atoms with Gasteiger partial charge < -0.3 is 14.9 Å². The minimum atomic E-state index is -0.923. The fraction of sp³-hybridized carbons (Fsp3) is 0.733. The van der Waals surface area contributed by atoms with Gasteiger partial charge in [0.1, 0.15) is 6.04 Å². The molecule has 0 bridgehead atoms. The third-order valence-electron chi connectivity index (χ3n) is 3.87. The number of piperidine rings is 1. The molecule has 0 saturated carbocycles. The molecule has 1 aliphatic rings. The van der Waals surface area contributed by atoms with E-state index in [9.17, 15) is 14.7 Å². The molecule has 0 aliphatic carbocycles. The van der Waals surface area contributed by atoms with E-state index in [0.29, 0.717) is 25.4 Å². The molecule has 2 unspecified atom stereocenters. The van der Waals surface area contributed by atoms with Crippen molar-refractivity contribution >= 4 is 12.0 Å². The van der Waals surface area contributed by atoms with Crippen LogP contribution in [0.2, 0.25) is 0 Å². The third-order valence-corrected chi connectivity index (χ3v) is 3.87. The van der Waals surface area contributed by atoms with Gasteiger partial charge in [-0.1, -0.05) is 26.2 Å². The quantitative estimate of drug-likeness (QED) is 0.784. The highest BCUT2D eigenvalue weighted by Crippen LogP contribution is 2.26. The maximum Gasteiger partial charge on any atom is 0.326 e. The number of carbonyl (C=O) groups excluding carboxylic acids is 1. The summed E-state index contributed by atoms with van der Waals surface area (Å²) in [6.07, 6.45) is 8.44. The standard InChI is InChI=1S/C15H24N2O3/c1-4-8-16(9-5-2)15(20)17-10-7-12(6-3)11-13(17)14(18)19/h1,12-13H,5-11H2,2-3H3,(H,18,19). The van der Waals surface area contributed by atoms with Crippen LogP contribution in [0.5, 0.6) is 0 Å². The topological polar surface area (TPSA) is 60.9 Å². The molecule has 20 heavy (non-hydrogen) atoms. The summed E-state index contributed by atoms with van der Waals surface area (Å²) in [4.78, 5) is 26.9. The van der Waals surface area contributed by atoms with E-state index in [1.54, 1.807) is 4.90 Å². The molecule has 0 spiro atoms. The molecule has 1 saturated heterocycles. The molecule has 1 aliphatic heterocycles. The Morgan fingerprint density at radius 2 is 2.15 bits per heavy atom. The summed E-state index contributed by atoms with van der Waals surface area (Å²) in [6, 6.07) is -0.968. The number of amides is 2. The number of carboxylic acid groups (broad SMARTS) is 1. The highest BCUT2D eigenvalue weighted by molar-refractivity contribution is 5.83. The van der Waals surface area contributed by atoms with Crippen molar-refractivity contribution in [3.05, 3.63) is 0 Å². The zero-order valence-electron chi connectivity index (χ0n) is 12.3. The Hall–Kier alpha value is -1.70. The number of urea groups is 1. The fourth-order valence-corrected chi connectivity index (χ4v) is 2.68. The zero-order valence-corrected chi connectivity index (χ0v) is 12.3. The average molecular weight is 280 g/mol. The largest absolute Gasteiger partial charge is 0.480 e. The van der Waals surface area contributed by atoms with Crippen LogP contribution in [0, 0.1) is 18.3 Å². The van der Waals surface area contributed by atoms with Crippen molar-refractivity contribution in [2.24, 2.45) is 5.92 Å². The van der Waals surface area contributed by atoms with Crippen molar-refractivity contribution in [1.29, 1.82) is 0 Å². The van der Waals surface area contributed by atoms with Gasteiger partial charge in [0.2, 0.25) is 0 Å². The maximum atomic E-state index is 12.5. The lowest BCUT2D eigenvalue weighted by Crippen LogP contribution is -2.54. The SMILES string of the molecule is C#CCN(CCC)C(=O)N1CCC(CC)CC1C(=O)O. The van der Waals surface area contributed by atoms with Crippen LogP contribution in [-0.2, 0) is 4.79 Å². The summed E-state index contributed by atoms with van der Waals surface area (Å²) in [5.41, 5.74) is 0. The van der Waals surface area contributed by atoms with Crippen LogP contribution in [0.25, 0.3) is 0 Å². The van der Waals surface area contributed by atoms with Crippen LogP contribution in [0.4, 0.5) is 4.79 Å². The molecular weight excluding hydrogens is 256 g/mol. The minimum absolute atomic E-state index is 0.229. The second-order valence-electron chi connectivity index (χ2n) is 5.25. The Balaban J connectivity index is 2.83. The van der Waals surface area contributed by atoms with Crippen LogP contribution in [0.1, 0.15) is 39.5 Å². The van der Waals surface area contributed by atoms with E-state index in [2.05, 4.69) is 12.8 Å². The van der Waals surface area contributed by atoms with Gasteiger partial charge in [-0.05, 0) is 25.2 Å². The lowest BCUT2D eigenvalue weighted by atomic mass is 9.89. The smallest absolute Gasteiger partial charge is 0.326 e. The Labute approximate surface area is 120 Å². The molecule has 1 heterocycles. The molecule has 5 nitrogen and oxygen atoms in total. The van der Waals surface area contributed by atoms with Crippen LogP contribution in [0.3, 0.4) is 0 Å². The Morgan fingerprint density at radius 3 is 2.65 bits per heavy atom. The number of carboxylic acids is 1. The minimum Gasteiger partial charge on any atom is -0.480 e. The van der Waals surface area contributed by atoms with Gasteiger partial charge in [0, 0.05) is 13.1 Å². The van der Waals surface area contributed by atoms with Gasteiger partial charge in [0.05, 0.1) is 6.54 Å². The number of hydrogen-bond acceptors (Lipinski definition) is 2. The van der Waals surface area contributed by atoms with Crippen molar-refractivity contribution in [1.82, 2.24) is 9.80 Å². The molecule has 1 fully saturated rings. The third kappa shape index (κ3) is 3.89. The lowest BCUT2D eigenvalue weighted by Gasteiger charge is -2.39. The van der Waals surface area contributed by atoms with Gasteiger partial charge in [-0.25, -0.2) is 9.59 Å². The highest BCUT2D eigenvalue weighted by Gasteiger charge is 2.37. The average Bonchev–Trinajstić information content (AvgIpc) is 2.45. The molecule has 0 aromatic heterocycles. The van der Waals surface area contributed by atoms with Gasteiger partial charge in [-0.3, -0.25) is 0 Å². The van der Waals surface area contributed by atoms with Gasteiger partial charge >= 0.3 is 12.0 Å². The second-order valence-corrected chi connectivity index (χ2v) is 5.25.